The average molecular weight is 589 g/mol. The van der Waals surface area contributed by atoms with Gasteiger partial charge < -0.3 is 27.5 Å². The van der Waals surface area contributed by atoms with Crippen LogP contribution in [0.5, 0.6) is 0 Å². The van der Waals surface area contributed by atoms with Crippen molar-refractivity contribution in [2.24, 2.45) is 22.2 Å². The summed E-state index contributed by atoms with van der Waals surface area (Å²) in [7, 11) is 0. The third-order valence-corrected chi connectivity index (χ3v) is 6.91. The number of nitrogens with zero attached hydrogens (tertiary/aromatic N) is 3. The molecule has 4 aromatic rings. The van der Waals surface area contributed by atoms with Crippen LogP contribution in [-0.4, -0.2) is 40.1 Å². The molecule has 2 aromatic carbocycles. The van der Waals surface area contributed by atoms with Crippen molar-refractivity contribution < 1.29 is 13.2 Å². The van der Waals surface area contributed by atoms with Crippen molar-refractivity contribution >= 4 is 28.6 Å². The number of halogens is 4. The van der Waals surface area contributed by atoms with E-state index in [-0.39, 0.29) is 17.2 Å². The summed E-state index contributed by atoms with van der Waals surface area (Å²) in [5.41, 5.74) is 17.6. The van der Waals surface area contributed by atoms with Gasteiger partial charge in [-0.05, 0) is 80.2 Å². The van der Waals surface area contributed by atoms with Crippen molar-refractivity contribution in [3.05, 3.63) is 80.9 Å². The van der Waals surface area contributed by atoms with Crippen LogP contribution in [0.1, 0.15) is 36.0 Å². The number of hydrogen-bond donors (Lipinski definition) is 5. The fourth-order valence-electron chi connectivity index (χ4n) is 4.45. The normalized spacial score (nSPS) is 11.7. The van der Waals surface area contributed by atoms with Crippen LogP contribution in [0, 0.1) is 0 Å². The number of aromatic amines is 1. The van der Waals surface area contributed by atoms with Gasteiger partial charge in [-0.15, -0.1) is 0 Å². The number of nitrogens with two attached hydrogens (primary N) is 3. The van der Waals surface area contributed by atoms with Crippen LogP contribution < -0.4 is 28.2 Å². The quantitative estimate of drug-likeness (QED) is 0.0954. The standard InChI is InChI=1S/C28H32ClF3N8O/c29-24-21(12-18(4-1-2-9-33)13-22(24)28(30,31)32)23-14-19-16-40(27(41)39-25(19)38-23)20-7-5-17(6-8-20)15-36-10-3-11-37-26(34)35/h5-8,12-14,16,36H,1-4,9-11,15,33H2,(H4,34,35,37)(H,38,39,41). The Morgan fingerprint density at radius 3 is 2.51 bits per heavy atom. The Morgan fingerprint density at radius 1 is 1.07 bits per heavy atom. The van der Waals surface area contributed by atoms with Crippen LogP contribution >= 0.6 is 11.6 Å². The zero-order valence-corrected chi connectivity index (χ0v) is 23.0. The Bertz CT molecular complexity index is 1570. The molecule has 41 heavy (non-hydrogen) atoms. The number of alkyl halides is 3. The first-order chi connectivity index (χ1) is 19.6. The molecule has 0 aliphatic heterocycles. The van der Waals surface area contributed by atoms with Crippen molar-refractivity contribution in [2.75, 3.05) is 19.6 Å². The Hall–Kier alpha value is -3.87. The van der Waals surface area contributed by atoms with E-state index in [9.17, 15) is 18.0 Å². The number of aromatic nitrogens is 3. The van der Waals surface area contributed by atoms with E-state index in [2.05, 4.69) is 20.3 Å². The molecule has 13 heteroatoms. The molecule has 0 bridgehead atoms. The number of hydrogen-bond acceptors (Lipinski definition) is 5. The minimum absolute atomic E-state index is 0.0713. The largest absolute Gasteiger partial charge is 0.417 e. The maximum absolute atomic E-state index is 13.8. The van der Waals surface area contributed by atoms with Gasteiger partial charge in [0.1, 0.15) is 5.65 Å². The second-order valence-electron chi connectivity index (χ2n) is 9.63. The van der Waals surface area contributed by atoms with E-state index in [4.69, 9.17) is 28.8 Å². The first-order valence-corrected chi connectivity index (χ1v) is 13.5. The molecule has 2 aromatic heterocycles. The van der Waals surface area contributed by atoms with E-state index >= 15 is 0 Å². The van der Waals surface area contributed by atoms with E-state index in [1.165, 1.54) is 4.57 Å². The third-order valence-electron chi connectivity index (χ3n) is 6.51. The molecule has 8 N–H and O–H groups in total. The molecular formula is C28H32ClF3N8O. The first-order valence-electron chi connectivity index (χ1n) is 13.1. The van der Waals surface area contributed by atoms with E-state index in [0.29, 0.717) is 61.2 Å². The number of guanidine groups is 1. The van der Waals surface area contributed by atoms with Gasteiger partial charge in [-0.3, -0.25) is 9.56 Å². The molecule has 0 unspecified atom stereocenters. The molecule has 0 saturated carbocycles. The number of nitrogens with one attached hydrogen (secondary N) is 2. The Morgan fingerprint density at radius 2 is 1.83 bits per heavy atom. The highest BCUT2D eigenvalue weighted by molar-refractivity contribution is 6.34. The monoisotopic (exact) mass is 588 g/mol. The zero-order valence-electron chi connectivity index (χ0n) is 22.3. The molecule has 0 fully saturated rings. The molecule has 0 aliphatic rings. The van der Waals surface area contributed by atoms with E-state index in [1.807, 2.05) is 12.1 Å². The highest BCUT2D eigenvalue weighted by atomic mass is 35.5. The Kier molecular flexibility index (Phi) is 9.69. The van der Waals surface area contributed by atoms with Crippen molar-refractivity contribution in [2.45, 2.75) is 38.4 Å². The number of fused-ring (bicyclic) bond motifs is 1. The molecule has 0 spiro atoms. The molecule has 4 rings (SSSR count). The highest BCUT2D eigenvalue weighted by Crippen LogP contribution is 2.41. The fourth-order valence-corrected chi connectivity index (χ4v) is 4.77. The molecule has 9 nitrogen and oxygen atoms in total. The summed E-state index contributed by atoms with van der Waals surface area (Å²) in [5, 5.41) is 3.43. The van der Waals surface area contributed by atoms with Crippen LogP contribution in [0.4, 0.5) is 13.2 Å². The second kappa shape index (κ2) is 13.2. The smallest absolute Gasteiger partial charge is 0.370 e. The third kappa shape index (κ3) is 7.66. The zero-order chi connectivity index (χ0) is 29.6. The number of H-pyrrole nitrogens is 1. The van der Waals surface area contributed by atoms with Crippen molar-refractivity contribution in [1.82, 2.24) is 19.9 Å². The van der Waals surface area contributed by atoms with Gasteiger partial charge in [-0.1, -0.05) is 23.7 Å². The van der Waals surface area contributed by atoms with Gasteiger partial charge in [0.25, 0.3) is 0 Å². The molecule has 2 heterocycles. The molecule has 0 amide bonds. The van der Waals surface area contributed by atoms with E-state index in [1.54, 1.807) is 30.5 Å². The van der Waals surface area contributed by atoms with Crippen LogP contribution in [0.2, 0.25) is 5.02 Å². The predicted octanol–water partition coefficient (Wildman–Crippen LogP) is 4.09. The molecule has 0 radical (unpaired) electrons. The lowest BCUT2D eigenvalue weighted by Crippen LogP contribution is -2.23. The SMILES string of the molecule is NCCCCc1cc(-c2cc3cn(-c4ccc(CNCCCN=C(N)N)cc4)c(=O)nc3[nH]2)c(Cl)c(C(F)(F)F)c1. The number of rotatable bonds is 12. The summed E-state index contributed by atoms with van der Waals surface area (Å²) < 4.78 is 42.8. The Balaban J connectivity index is 1.58. The van der Waals surface area contributed by atoms with Crippen molar-refractivity contribution in [3.63, 3.8) is 0 Å². The van der Waals surface area contributed by atoms with Crippen LogP contribution in [0.25, 0.3) is 28.0 Å². The highest BCUT2D eigenvalue weighted by Gasteiger charge is 2.35. The van der Waals surface area contributed by atoms with Crippen molar-refractivity contribution in [1.29, 1.82) is 0 Å². The summed E-state index contributed by atoms with van der Waals surface area (Å²) in [6.07, 6.45) is -0.461. The lowest BCUT2D eigenvalue weighted by molar-refractivity contribution is -0.137. The lowest BCUT2D eigenvalue weighted by atomic mass is 9.99. The lowest BCUT2D eigenvalue weighted by Gasteiger charge is -2.15. The minimum atomic E-state index is -4.62. The molecule has 0 aliphatic carbocycles. The topological polar surface area (TPSA) is 153 Å². The number of aliphatic imine (C=N–C) groups is 1. The predicted molar refractivity (Wildman–Crippen MR) is 156 cm³/mol. The van der Waals surface area contributed by atoms with Crippen molar-refractivity contribution in [3.8, 4) is 16.9 Å². The summed E-state index contributed by atoms with van der Waals surface area (Å²) in [4.78, 5) is 23.9. The first kappa shape index (κ1) is 30.1. The molecule has 0 saturated heterocycles. The summed E-state index contributed by atoms with van der Waals surface area (Å²) >= 11 is 6.27. The van der Waals surface area contributed by atoms with Crippen LogP contribution in [0.3, 0.4) is 0 Å². The van der Waals surface area contributed by atoms with Crippen LogP contribution in [-0.2, 0) is 19.1 Å². The number of benzene rings is 2. The van der Waals surface area contributed by atoms with Gasteiger partial charge in [0.15, 0.2) is 5.96 Å². The maximum Gasteiger partial charge on any atom is 0.417 e. The average Bonchev–Trinajstić information content (AvgIpc) is 3.33. The minimum Gasteiger partial charge on any atom is -0.370 e. The molecule has 218 valence electrons. The van der Waals surface area contributed by atoms with Gasteiger partial charge >= 0.3 is 11.9 Å². The molecule has 0 atom stereocenters. The van der Waals surface area contributed by atoms with Gasteiger partial charge in [-0.2, -0.15) is 18.2 Å². The molecular weight excluding hydrogens is 557 g/mol. The second-order valence-corrected chi connectivity index (χ2v) is 10.0. The Labute approximate surface area is 239 Å². The van der Waals surface area contributed by atoms with Crippen LogP contribution in [0.15, 0.2) is 58.4 Å². The number of aryl methyl sites for hydroxylation is 1. The summed E-state index contributed by atoms with van der Waals surface area (Å²) in [6, 6.07) is 11.8. The fraction of sp³-hybridized carbons (Fsp3) is 0.321. The van der Waals surface area contributed by atoms with E-state index < -0.39 is 22.5 Å². The summed E-state index contributed by atoms with van der Waals surface area (Å²) in [5.74, 6) is 0.0713. The number of unbranched alkanes of at least 4 members (excludes halogenated alkanes) is 1. The van der Waals surface area contributed by atoms with Gasteiger partial charge in [0.2, 0.25) is 0 Å². The maximum atomic E-state index is 13.8. The van der Waals surface area contributed by atoms with Gasteiger partial charge in [0.05, 0.1) is 16.3 Å². The van der Waals surface area contributed by atoms with E-state index in [0.717, 1.165) is 24.6 Å². The summed E-state index contributed by atoms with van der Waals surface area (Å²) in [6.45, 7) is 2.36. The van der Waals surface area contributed by atoms with Gasteiger partial charge in [0, 0.05) is 35.9 Å². The van der Waals surface area contributed by atoms with Gasteiger partial charge in [-0.25, -0.2) is 4.79 Å².